The molecule has 0 heterocycles. The Balaban J connectivity index is 1.44. The van der Waals surface area contributed by atoms with Crippen LogP contribution in [0.4, 0.5) is 0 Å². The quantitative estimate of drug-likeness (QED) is 0.684. The van der Waals surface area contributed by atoms with Crippen LogP contribution in [0.1, 0.15) is 45.4 Å². The van der Waals surface area contributed by atoms with Gasteiger partial charge in [0.2, 0.25) is 0 Å². The molecule has 0 radical (unpaired) electrons. The van der Waals surface area contributed by atoms with Crippen molar-refractivity contribution >= 4 is 0 Å². The molecule has 3 rings (SSSR count). The first-order chi connectivity index (χ1) is 6.84. The van der Waals surface area contributed by atoms with Gasteiger partial charge in [0.15, 0.2) is 0 Å². The van der Waals surface area contributed by atoms with Crippen LogP contribution in [0.25, 0.3) is 0 Å². The van der Waals surface area contributed by atoms with Crippen LogP contribution in [-0.2, 0) is 0 Å². The fourth-order valence-corrected chi connectivity index (χ4v) is 2.78. The SMILES string of the molecule is CC(CNC(C1CC1)C1CC1)C1CC1. The van der Waals surface area contributed by atoms with Crippen LogP contribution in [0.3, 0.4) is 0 Å². The molecular formula is C13H23N. The van der Waals surface area contributed by atoms with Gasteiger partial charge in [0.25, 0.3) is 0 Å². The zero-order chi connectivity index (χ0) is 9.54. The molecule has 3 aliphatic rings. The number of nitrogens with one attached hydrogen (secondary N) is 1. The third kappa shape index (κ3) is 2.13. The van der Waals surface area contributed by atoms with E-state index in [1.807, 2.05) is 0 Å². The Morgan fingerprint density at radius 1 is 0.929 bits per heavy atom. The summed E-state index contributed by atoms with van der Waals surface area (Å²) >= 11 is 0. The summed E-state index contributed by atoms with van der Waals surface area (Å²) < 4.78 is 0. The summed E-state index contributed by atoms with van der Waals surface area (Å²) in [5, 5.41) is 3.86. The van der Waals surface area contributed by atoms with E-state index in [2.05, 4.69) is 12.2 Å². The summed E-state index contributed by atoms with van der Waals surface area (Å²) in [5.41, 5.74) is 0. The average Bonchev–Trinajstić information content (AvgIpc) is 2.95. The monoisotopic (exact) mass is 193 g/mol. The third-order valence-corrected chi connectivity index (χ3v) is 4.36. The standard InChI is InChI=1S/C13H23N/c1-9(10-2-3-10)8-14-13(11-4-5-11)12-6-7-12/h9-14H,2-8H2,1H3. The molecule has 0 saturated heterocycles. The molecule has 0 bridgehead atoms. The molecule has 1 unspecified atom stereocenters. The normalized spacial score (nSPS) is 29.6. The molecule has 3 fully saturated rings. The molecule has 1 heteroatoms. The van der Waals surface area contributed by atoms with Gasteiger partial charge in [-0.2, -0.15) is 0 Å². The molecule has 14 heavy (non-hydrogen) atoms. The van der Waals surface area contributed by atoms with E-state index in [0.29, 0.717) is 0 Å². The largest absolute Gasteiger partial charge is 0.313 e. The molecule has 0 spiro atoms. The maximum Gasteiger partial charge on any atom is 0.0124 e. The van der Waals surface area contributed by atoms with Crippen LogP contribution in [0, 0.1) is 23.7 Å². The van der Waals surface area contributed by atoms with E-state index in [9.17, 15) is 0 Å². The van der Waals surface area contributed by atoms with Crippen molar-refractivity contribution in [2.75, 3.05) is 6.54 Å². The number of rotatable bonds is 6. The molecule has 0 aromatic rings. The van der Waals surface area contributed by atoms with Crippen LogP contribution >= 0.6 is 0 Å². The van der Waals surface area contributed by atoms with Crippen molar-refractivity contribution in [3.63, 3.8) is 0 Å². The van der Waals surface area contributed by atoms with Crippen molar-refractivity contribution in [3.8, 4) is 0 Å². The molecule has 1 N–H and O–H groups in total. The lowest BCUT2D eigenvalue weighted by atomic mass is 10.0. The fraction of sp³-hybridized carbons (Fsp3) is 1.00. The highest BCUT2D eigenvalue weighted by atomic mass is 15.0. The van der Waals surface area contributed by atoms with Crippen molar-refractivity contribution in [3.05, 3.63) is 0 Å². The van der Waals surface area contributed by atoms with E-state index in [0.717, 1.165) is 29.7 Å². The molecule has 0 aromatic carbocycles. The molecular weight excluding hydrogens is 170 g/mol. The van der Waals surface area contributed by atoms with Crippen LogP contribution in [-0.4, -0.2) is 12.6 Å². The summed E-state index contributed by atoms with van der Waals surface area (Å²) in [6.07, 6.45) is 9.02. The van der Waals surface area contributed by atoms with Crippen molar-refractivity contribution in [2.45, 2.75) is 51.5 Å². The number of hydrogen-bond donors (Lipinski definition) is 1. The summed E-state index contributed by atoms with van der Waals surface area (Å²) in [4.78, 5) is 0. The highest BCUT2D eigenvalue weighted by molar-refractivity contribution is 4.96. The van der Waals surface area contributed by atoms with E-state index in [1.165, 1.54) is 45.1 Å². The van der Waals surface area contributed by atoms with Crippen molar-refractivity contribution in [1.82, 2.24) is 5.32 Å². The van der Waals surface area contributed by atoms with Crippen molar-refractivity contribution in [2.24, 2.45) is 23.7 Å². The fourth-order valence-electron chi connectivity index (χ4n) is 2.78. The average molecular weight is 193 g/mol. The molecule has 0 aliphatic heterocycles. The van der Waals surface area contributed by atoms with E-state index in [4.69, 9.17) is 0 Å². The highest BCUT2D eigenvalue weighted by Gasteiger charge is 2.41. The Morgan fingerprint density at radius 2 is 1.43 bits per heavy atom. The maximum atomic E-state index is 3.86. The highest BCUT2D eigenvalue weighted by Crippen LogP contribution is 2.45. The van der Waals surface area contributed by atoms with Gasteiger partial charge >= 0.3 is 0 Å². The van der Waals surface area contributed by atoms with Gasteiger partial charge in [-0.25, -0.2) is 0 Å². The lowest BCUT2D eigenvalue weighted by Crippen LogP contribution is -2.36. The molecule has 1 nitrogen and oxygen atoms in total. The van der Waals surface area contributed by atoms with Crippen LogP contribution in [0.5, 0.6) is 0 Å². The van der Waals surface area contributed by atoms with E-state index < -0.39 is 0 Å². The van der Waals surface area contributed by atoms with Crippen LogP contribution in [0.15, 0.2) is 0 Å². The Morgan fingerprint density at radius 3 is 1.86 bits per heavy atom. The lowest BCUT2D eigenvalue weighted by molar-refractivity contribution is 0.365. The van der Waals surface area contributed by atoms with Gasteiger partial charge in [-0.15, -0.1) is 0 Å². The van der Waals surface area contributed by atoms with Gasteiger partial charge in [-0.3, -0.25) is 0 Å². The summed E-state index contributed by atoms with van der Waals surface area (Å²) in [7, 11) is 0. The zero-order valence-corrected chi connectivity index (χ0v) is 9.34. The van der Waals surface area contributed by atoms with Gasteiger partial charge in [0, 0.05) is 6.04 Å². The third-order valence-electron chi connectivity index (χ3n) is 4.36. The summed E-state index contributed by atoms with van der Waals surface area (Å²) in [6, 6.07) is 0.913. The topological polar surface area (TPSA) is 12.0 Å². The Bertz CT molecular complexity index is 189. The smallest absolute Gasteiger partial charge is 0.0124 e. The van der Waals surface area contributed by atoms with Crippen molar-refractivity contribution < 1.29 is 0 Å². The summed E-state index contributed by atoms with van der Waals surface area (Å²) in [5.74, 6) is 4.14. The van der Waals surface area contributed by atoms with Crippen molar-refractivity contribution in [1.29, 1.82) is 0 Å². The molecule has 0 amide bonds. The second-order valence-corrected chi connectivity index (χ2v) is 5.92. The molecule has 1 atom stereocenters. The molecule has 0 aromatic heterocycles. The van der Waals surface area contributed by atoms with Gasteiger partial charge in [0.05, 0.1) is 0 Å². The second-order valence-electron chi connectivity index (χ2n) is 5.92. The van der Waals surface area contributed by atoms with Crippen LogP contribution < -0.4 is 5.32 Å². The van der Waals surface area contributed by atoms with Crippen LogP contribution in [0.2, 0.25) is 0 Å². The van der Waals surface area contributed by atoms with E-state index in [-0.39, 0.29) is 0 Å². The molecule has 80 valence electrons. The second kappa shape index (κ2) is 3.52. The Kier molecular flexibility index (Phi) is 2.31. The maximum absolute atomic E-state index is 3.86. The minimum Gasteiger partial charge on any atom is -0.313 e. The molecule has 3 aliphatic carbocycles. The zero-order valence-electron chi connectivity index (χ0n) is 9.34. The predicted octanol–water partition coefficient (Wildman–Crippen LogP) is 2.81. The summed E-state index contributed by atoms with van der Waals surface area (Å²) in [6.45, 7) is 3.73. The molecule has 3 saturated carbocycles. The first-order valence-corrected chi connectivity index (χ1v) is 6.58. The van der Waals surface area contributed by atoms with Gasteiger partial charge in [0.1, 0.15) is 0 Å². The Hall–Kier alpha value is -0.0400. The van der Waals surface area contributed by atoms with E-state index >= 15 is 0 Å². The first-order valence-electron chi connectivity index (χ1n) is 6.58. The number of hydrogen-bond acceptors (Lipinski definition) is 1. The first kappa shape index (κ1) is 9.21. The van der Waals surface area contributed by atoms with Gasteiger partial charge < -0.3 is 5.32 Å². The van der Waals surface area contributed by atoms with Gasteiger partial charge in [-0.05, 0) is 68.7 Å². The van der Waals surface area contributed by atoms with Gasteiger partial charge in [-0.1, -0.05) is 6.92 Å². The Labute approximate surface area is 87.7 Å². The predicted molar refractivity (Wildman–Crippen MR) is 59.1 cm³/mol. The van der Waals surface area contributed by atoms with E-state index in [1.54, 1.807) is 0 Å². The minimum atomic E-state index is 0.913. The minimum absolute atomic E-state index is 0.913. The lowest BCUT2D eigenvalue weighted by Gasteiger charge is -2.20.